The number of ether oxygens (including phenoxy) is 2. The molecular weight excluding hydrogens is 326 g/mol. The Morgan fingerprint density at radius 3 is 2.46 bits per heavy atom. The average Bonchev–Trinajstić information content (AvgIpc) is 3.07. The molecule has 0 saturated carbocycles. The third-order valence-electron chi connectivity index (χ3n) is 3.94. The van der Waals surface area contributed by atoms with Gasteiger partial charge in [-0.3, -0.25) is 4.57 Å². The number of para-hydroxylation sites is 1. The Kier molecular flexibility index (Phi) is 5.35. The van der Waals surface area contributed by atoms with Crippen molar-refractivity contribution in [1.29, 1.82) is 5.26 Å². The summed E-state index contributed by atoms with van der Waals surface area (Å²) in [6.45, 7) is 2.40. The van der Waals surface area contributed by atoms with Gasteiger partial charge in [0, 0.05) is 17.4 Å². The molecule has 0 aliphatic rings. The SMILES string of the molecule is CCO/C=N/c1c(C#N)c(-c2ccc(OC)cc2)cn1-c1ccccc1. The van der Waals surface area contributed by atoms with Crippen molar-refractivity contribution in [3.05, 3.63) is 66.4 Å². The van der Waals surface area contributed by atoms with E-state index in [1.165, 1.54) is 6.40 Å². The molecule has 0 unspecified atom stereocenters. The minimum absolute atomic E-state index is 0.495. The van der Waals surface area contributed by atoms with Gasteiger partial charge in [0.15, 0.2) is 12.2 Å². The van der Waals surface area contributed by atoms with Crippen LogP contribution in [0.1, 0.15) is 12.5 Å². The third kappa shape index (κ3) is 3.45. The minimum Gasteiger partial charge on any atom is -0.497 e. The molecule has 1 aromatic heterocycles. The molecule has 0 spiro atoms. The van der Waals surface area contributed by atoms with Gasteiger partial charge in [-0.05, 0) is 36.8 Å². The van der Waals surface area contributed by atoms with Gasteiger partial charge in [0.25, 0.3) is 0 Å². The quantitative estimate of drug-likeness (QED) is 0.480. The molecule has 0 saturated heterocycles. The Labute approximate surface area is 152 Å². The van der Waals surface area contributed by atoms with Crippen molar-refractivity contribution in [2.75, 3.05) is 13.7 Å². The Bertz CT molecular complexity index is 936. The van der Waals surface area contributed by atoms with Crippen molar-refractivity contribution >= 4 is 12.2 Å². The predicted molar refractivity (Wildman–Crippen MR) is 102 cm³/mol. The zero-order valence-electron chi connectivity index (χ0n) is 14.7. The van der Waals surface area contributed by atoms with Gasteiger partial charge >= 0.3 is 0 Å². The molecule has 5 heteroatoms. The fourth-order valence-electron chi connectivity index (χ4n) is 2.67. The van der Waals surface area contributed by atoms with Gasteiger partial charge in [0.2, 0.25) is 0 Å². The zero-order valence-corrected chi connectivity index (χ0v) is 14.7. The van der Waals surface area contributed by atoms with E-state index in [1.54, 1.807) is 7.11 Å². The van der Waals surface area contributed by atoms with E-state index in [4.69, 9.17) is 9.47 Å². The number of benzene rings is 2. The van der Waals surface area contributed by atoms with Gasteiger partial charge in [-0.25, -0.2) is 4.99 Å². The highest BCUT2D eigenvalue weighted by Crippen LogP contribution is 2.35. The standard InChI is InChI=1S/C21H19N3O2/c1-3-26-15-23-21-19(13-22)20(16-9-11-18(25-2)12-10-16)14-24(21)17-7-5-4-6-8-17/h4-12,14-15H,3H2,1-2H3/b23-15+. The number of nitrogens with zero attached hydrogens (tertiary/aromatic N) is 3. The lowest BCUT2D eigenvalue weighted by Gasteiger charge is -2.05. The fourth-order valence-corrected chi connectivity index (χ4v) is 2.67. The Morgan fingerprint density at radius 1 is 1.12 bits per heavy atom. The molecule has 3 rings (SSSR count). The van der Waals surface area contributed by atoms with Gasteiger partial charge < -0.3 is 9.47 Å². The average molecular weight is 345 g/mol. The molecule has 0 fully saturated rings. The molecule has 0 atom stereocenters. The molecule has 3 aromatic rings. The smallest absolute Gasteiger partial charge is 0.176 e. The Balaban J connectivity index is 2.17. The second-order valence-corrected chi connectivity index (χ2v) is 5.48. The van der Waals surface area contributed by atoms with E-state index in [1.807, 2.05) is 72.3 Å². The van der Waals surface area contributed by atoms with E-state index in [2.05, 4.69) is 11.1 Å². The fraction of sp³-hybridized carbons (Fsp3) is 0.143. The van der Waals surface area contributed by atoms with Gasteiger partial charge in [-0.15, -0.1) is 0 Å². The highest BCUT2D eigenvalue weighted by Gasteiger charge is 2.17. The van der Waals surface area contributed by atoms with Crippen molar-refractivity contribution in [2.24, 2.45) is 4.99 Å². The van der Waals surface area contributed by atoms with Crippen LogP contribution in [-0.4, -0.2) is 24.7 Å². The van der Waals surface area contributed by atoms with Crippen LogP contribution in [0.15, 0.2) is 65.8 Å². The van der Waals surface area contributed by atoms with Crippen molar-refractivity contribution in [1.82, 2.24) is 4.57 Å². The van der Waals surface area contributed by atoms with Crippen molar-refractivity contribution in [3.63, 3.8) is 0 Å². The summed E-state index contributed by atoms with van der Waals surface area (Å²) >= 11 is 0. The number of methoxy groups -OCH3 is 1. The summed E-state index contributed by atoms with van der Waals surface area (Å²) in [6.07, 6.45) is 3.31. The van der Waals surface area contributed by atoms with Crippen LogP contribution in [0.2, 0.25) is 0 Å². The van der Waals surface area contributed by atoms with E-state index in [0.717, 1.165) is 22.6 Å². The molecule has 0 amide bonds. The van der Waals surface area contributed by atoms with E-state index in [0.29, 0.717) is 18.0 Å². The summed E-state index contributed by atoms with van der Waals surface area (Å²) in [4.78, 5) is 4.39. The maximum Gasteiger partial charge on any atom is 0.176 e. The zero-order chi connectivity index (χ0) is 18.4. The number of aliphatic imine (C=N–C) groups is 1. The maximum atomic E-state index is 9.78. The van der Waals surface area contributed by atoms with E-state index in [9.17, 15) is 5.26 Å². The van der Waals surface area contributed by atoms with E-state index >= 15 is 0 Å². The first-order chi connectivity index (χ1) is 12.8. The number of hydrogen-bond acceptors (Lipinski definition) is 4. The molecule has 2 aromatic carbocycles. The molecular formula is C21H19N3O2. The number of nitriles is 1. The molecule has 0 radical (unpaired) electrons. The largest absolute Gasteiger partial charge is 0.497 e. The Hall–Kier alpha value is -3.52. The lowest BCUT2D eigenvalue weighted by molar-refractivity contribution is 0.344. The molecule has 5 nitrogen and oxygen atoms in total. The van der Waals surface area contributed by atoms with Crippen molar-refractivity contribution in [2.45, 2.75) is 6.92 Å². The van der Waals surface area contributed by atoms with Crippen LogP contribution in [0.3, 0.4) is 0 Å². The predicted octanol–water partition coefficient (Wildman–Crippen LogP) is 4.72. The molecule has 0 bridgehead atoms. The number of aromatic nitrogens is 1. The summed E-state index contributed by atoms with van der Waals surface area (Å²) < 4.78 is 12.4. The van der Waals surface area contributed by atoms with Crippen LogP contribution in [0.25, 0.3) is 16.8 Å². The van der Waals surface area contributed by atoms with Crippen molar-refractivity contribution < 1.29 is 9.47 Å². The summed E-state index contributed by atoms with van der Waals surface area (Å²) in [5, 5.41) is 9.78. The molecule has 0 aliphatic carbocycles. The maximum absolute atomic E-state index is 9.78. The highest BCUT2D eigenvalue weighted by atomic mass is 16.5. The highest BCUT2D eigenvalue weighted by molar-refractivity contribution is 5.79. The van der Waals surface area contributed by atoms with Crippen LogP contribution < -0.4 is 4.74 Å². The molecule has 0 aliphatic heterocycles. The second kappa shape index (κ2) is 8.04. The monoisotopic (exact) mass is 345 g/mol. The van der Waals surface area contributed by atoms with Crippen LogP contribution in [0.5, 0.6) is 5.75 Å². The Morgan fingerprint density at radius 2 is 1.85 bits per heavy atom. The summed E-state index contributed by atoms with van der Waals surface area (Å²) in [5.74, 6) is 1.31. The first-order valence-corrected chi connectivity index (χ1v) is 8.28. The molecule has 26 heavy (non-hydrogen) atoms. The first kappa shape index (κ1) is 17.3. The summed E-state index contributed by atoms with van der Waals surface area (Å²) in [5.41, 5.74) is 3.15. The topological polar surface area (TPSA) is 59.5 Å². The first-order valence-electron chi connectivity index (χ1n) is 8.28. The van der Waals surface area contributed by atoms with Gasteiger partial charge in [-0.2, -0.15) is 5.26 Å². The minimum atomic E-state index is 0.495. The molecule has 130 valence electrons. The lowest BCUT2D eigenvalue weighted by Crippen LogP contribution is -1.92. The van der Waals surface area contributed by atoms with Crippen LogP contribution in [-0.2, 0) is 4.74 Å². The number of hydrogen-bond donors (Lipinski definition) is 0. The normalized spacial score (nSPS) is 10.7. The molecule has 0 N–H and O–H groups in total. The molecule has 1 heterocycles. The lowest BCUT2D eigenvalue weighted by atomic mass is 10.0. The van der Waals surface area contributed by atoms with Crippen LogP contribution in [0.4, 0.5) is 5.82 Å². The van der Waals surface area contributed by atoms with Gasteiger partial charge in [0.05, 0.1) is 13.7 Å². The number of rotatable bonds is 6. The van der Waals surface area contributed by atoms with Crippen molar-refractivity contribution in [3.8, 4) is 28.6 Å². The summed E-state index contributed by atoms with van der Waals surface area (Å²) in [6, 6.07) is 19.7. The third-order valence-corrected chi connectivity index (χ3v) is 3.94. The van der Waals surface area contributed by atoms with E-state index < -0.39 is 0 Å². The van der Waals surface area contributed by atoms with Crippen LogP contribution in [0, 0.1) is 11.3 Å². The second-order valence-electron chi connectivity index (χ2n) is 5.48. The van der Waals surface area contributed by atoms with Crippen LogP contribution >= 0.6 is 0 Å². The summed E-state index contributed by atoms with van der Waals surface area (Å²) in [7, 11) is 1.63. The van der Waals surface area contributed by atoms with E-state index in [-0.39, 0.29) is 0 Å². The van der Waals surface area contributed by atoms with Gasteiger partial charge in [0.1, 0.15) is 17.4 Å². The van der Waals surface area contributed by atoms with Gasteiger partial charge in [-0.1, -0.05) is 30.3 Å².